The first-order chi connectivity index (χ1) is 13.4. The van der Waals surface area contributed by atoms with E-state index in [1.54, 1.807) is 13.0 Å². The van der Waals surface area contributed by atoms with Gasteiger partial charge in [-0.2, -0.15) is 0 Å². The molecule has 1 aromatic rings. The Morgan fingerprint density at radius 1 is 1.36 bits per heavy atom. The lowest BCUT2D eigenvalue weighted by Gasteiger charge is -2.56. The second kappa shape index (κ2) is 7.54. The first kappa shape index (κ1) is 18.9. The van der Waals surface area contributed by atoms with Gasteiger partial charge in [-0.25, -0.2) is 0 Å². The van der Waals surface area contributed by atoms with Crippen LogP contribution in [-0.4, -0.2) is 76.1 Å². The summed E-state index contributed by atoms with van der Waals surface area (Å²) in [5.41, 5.74) is 0.226. The number of nitrogens with one attached hydrogen (secondary N) is 1. The lowest BCUT2D eigenvalue weighted by atomic mass is 9.72. The number of fused-ring (bicyclic) bond motifs is 4. The van der Waals surface area contributed by atoms with Crippen LogP contribution in [0.5, 0.6) is 0 Å². The monoisotopic (exact) mass is 390 g/mol. The van der Waals surface area contributed by atoms with Crippen molar-refractivity contribution in [1.82, 2.24) is 20.3 Å². The molecule has 2 N–H and O–H groups in total. The lowest BCUT2D eigenvalue weighted by molar-refractivity contribution is -0.154. The summed E-state index contributed by atoms with van der Waals surface area (Å²) in [7, 11) is 0. The fraction of sp³-hybridized carbons (Fsp3) is 0.684. The van der Waals surface area contributed by atoms with Crippen LogP contribution in [0.2, 0.25) is 0 Å². The van der Waals surface area contributed by atoms with E-state index in [2.05, 4.69) is 10.5 Å². The zero-order chi connectivity index (χ0) is 19.8. The molecule has 0 aromatic carbocycles. The van der Waals surface area contributed by atoms with Crippen molar-refractivity contribution in [2.24, 2.45) is 11.8 Å². The molecule has 0 spiro atoms. The molecule has 0 aliphatic carbocycles. The molecule has 0 radical (unpaired) electrons. The average Bonchev–Trinajstić information content (AvgIpc) is 3.08. The number of nitrogens with zero attached hydrogens (tertiary/aromatic N) is 3. The lowest BCUT2D eigenvalue weighted by Crippen LogP contribution is -2.67. The zero-order valence-corrected chi connectivity index (χ0v) is 16.0. The van der Waals surface area contributed by atoms with Crippen LogP contribution in [0.3, 0.4) is 0 Å². The molecule has 4 rings (SSSR count). The highest BCUT2D eigenvalue weighted by molar-refractivity contribution is 5.92. The van der Waals surface area contributed by atoms with Crippen LogP contribution in [0.4, 0.5) is 0 Å². The molecule has 1 aromatic heterocycles. The quantitative estimate of drug-likeness (QED) is 0.752. The Balaban J connectivity index is 1.51. The van der Waals surface area contributed by atoms with Crippen LogP contribution in [-0.2, 0) is 9.59 Å². The number of hydrogen-bond acceptors (Lipinski definition) is 6. The third-order valence-corrected chi connectivity index (χ3v) is 6.26. The maximum absolute atomic E-state index is 12.7. The highest BCUT2D eigenvalue weighted by Crippen LogP contribution is 2.41. The van der Waals surface area contributed by atoms with Crippen molar-refractivity contribution in [3.63, 3.8) is 0 Å². The Morgan fingerprint density at radius 3 is 2.86 bits per heavy atom. The van der Waals surface area contributed by atoms with E-state index in [9.17, 15) is 19.5 Å². The van der Waals surface area contributed by atoms with E-state index in [0.29, 0.717) is 37.7 Å². The normalized spacial score (nSPS) is 30.0. The molecule has 0 saturated carbocycles. The first-order valence-electron chi connectivity index (χ1n) is 9.89. The van der Waals surface area contributed by atoms with Crippen LogP contribution in [0.25, 0.3) is 0 Å². The number of hydrogen-bond donors (Lipinski definition) is 2. The maximum Gasteiger partial charge on any atom is 0.317 e. The summed E-state index contributed by atoms with van der Waals surface area (Å²) in [6.45, 7) is 3.43. The molecule has 3 fully saturated rings. The van der Waals surface area contributed by atoms with Gasteiger partial charge in [0.25, 0.3) is 5.91 Å². The Labute approximate surface area is 163 Å². The molecule has 4 heterocycles. The number of carbonyl (C=O) groups excluding carboxylic acids is 2. The number of rotatable bonds is 5. The third kappa shape index (κ3) is 3.63. The third-order valence-electron chi connectivity index (χ3n) is 6.26. The van der Waals surface area contributed by atoms with E-state index in [1.165, 1.54) is 0 Å². The van der Waals surface area contributed by atoms with Crippen molar-refractivity contribution in [1.29, 1.82) is 0 Å². The largest absolute Gasteiger partial charge is 0.480 e. The minimum Gasteiger partial charge on any atom is -0.480 e. The topological polar surface area (TPSA) is 116 Å². The van der Waals surface area contributed by atoms with Crippen molar-refractivity contribution in [3.8, 4) is 0 Å². The van der Waals surface area contributed by atoms with Gasteiger partial charge in [0.1, 0.15) is 5.76 Å². The van der Waals surface area contributed by atoms with Crippen LogP contribution < -0.4 is 5.32 Å². The molecule has 28 heavy (non-hydrogen) atoms. The van der Waals surface area contributed by atoms with E-state index < -0.39 is 5.97 Å². The Morgan fingerprint density at radius 2 is 2.14 bits per heavy atom. The first-order valence-corrected chi connectivity index (χ1v) is 9.89. The number of aromatic nitrogens is 1. The van der Waals surface area contributed by atoms with Crippen molar-refractivity contribution in [2.75, 3.05) is 26.2 Å². The van der Waals surface area contributed by atoms with Gasteiger partial charge < -0.3 is 19.8 Å². The van der Waals surface area contributed by atoms with Crippen LogP contribution >= 0.6 is 0 Å². The Hall–Kier alpha value is -2.42. The molecule has 3 aliphatic heterocycles. The highest BCUT2D eigenvalue weighted by Gasteiger charge is 2.49. The summed E-state index contributed by atoms with van der Waals surface area (Å²) in [5.74, 6) is 0.00640. The zero-order valence-electron chi connectivity index (χ0n) is 16.0. The number of carbonyl (C=O) groups is 3. The van der Waals surface area contributed by atoms with Crippen molar-refractivity contribution < 1.29 is 24.0 Å². The molecule has 2 bridgehead atoms. The second-order valence-corrected chi connectivity index (χ2v) is 8.20. The van der Waals surface area contributed by atoms with Gasteiger partial charge in [-0.3, -0.25) is 19.3 Å². The summed E-state index contributed by atoms with van der Waals surface area (Å²) in [6.07, 6.45) is 3.32. The van der Waals surface area contributed by atoms with E-state index in [4.69, 9.17) is 4.52 Å². The molecule has 4 atom stereocenters. The molecule has 0 unspecified atom stereocenters. The van der Waals surface area contributed by atoms with Crippen LogP contribution in [0.15, 0.2) is 10.6 Å². The number of carboxylic acid groups (broad SMARTS) is 1. The van der Waals surface area contributed by atoms with E-state index in [-0.39, 0.29) is 42.1 Å². The van der Waals surface area contributed by atoms with Crippen LogP contribution in [0.1, 0.15) is 41.9 Å². The summed E-state index contributed by atoms with van der Waals surface area (Å²) in [4.78, 5) is 40.3. The minimum atomic E-state index is -0.831. The predicted octanol–water partition coefficient (Wildman–Crippen LogP) is 0.499. The maximum atomic E-state index is 12.7. The van der Waals surface area contributed by atoms with Crippen molar-refractivity contribution in [3.05, 3.63) is 17.5 Å². The summed E-state index contributed by atoms with van der Waals surface area (Å²) < 4.78 is 4.96. The molecule has 9 nitrogen and oxygen atoms in total. The van der Waals surface area contributed by atoms with Crippen LogP contribution in [0, 0.1) is 18.8 Å². The van der Waals surface area contributed by atoms with Gasteiger partial charge in [-0.1, -0.05) is 5.16 Å². The molecule has 152 valence electrons. The molecular weight excluding hydrogens is 364 g/mol. The number of amides is 2. The second-order valence-electron chi connectivity index (χ2n) is 8.20. The number of piperidine rings is 3. The predicted molar refractivity (Wildman–Crippen MR) is 97.5 cm³/mol. The fourth-order valence-corrected chi connectivity index (χ4v) is 5.22. The summed E-state index contributed by atoms with van der Waals surface area (Å²) in [6, 6.07) is 1.59. The molecule has 9 heteroatoms. The number of likely N-dealkylation sites (tertiary alicyclic amines) is 1. The fourth-order valence-electron chi connectivity index (χ4n) is 5.22. The van der Waals surface area contributed by atoms with Gasteiger partial charge in [-0.05, 0) is 38.0 Å². The SMILES string of the molecule is Cc1cc(C(=O)NC[C@H]2[C@H]3C[C@H](CN(CC(=O)O)C3)[C@@H]3CCCC(=O)N32)no1. The van der Waals surface area contributed by atoms with Gasteiger partial charge in [0.2, 0.25) is 5.91 Å². The average molecular weight is 390 g/mol. The van der Waals surface area contributed by atoms with E-state index >= 15 is 0 Å². The van der Waals surface area contributed by atoms with Gasteiger partial charge in [0, 0.05) is 38.2 Å². The van der Waals surface area contributed by atoms with Crippen molar-refractivity contribution >= 4 is 17.8 Å². The molecule has 2 amide bonds. The number of aryl methyl sites for hydroxylation is 1. The van der Waals surface area contributed by atoms with E-state index in [1.807, 2.05) is 9.80 Å². The van der Waals surface area contributed by atoms with Crippen molar-refractivity contribution in [2.45, 2.75) is 44.7 Å². The smallest absolute Gasteiger partial charge is 0.317 e. The molecular formula is C19H26N4O5. The minimum absolute atomic E-state index is 0.0188. The number of aliphatic carboxylic acids is 1. The highest BCUT2D eigenvalue weighted by atomic mass is 16.5. The van der Waals surface area contributed by atoms with Gasteiger partial charge in [0.15, 0.2) is 5.69 Å². The van der Waals surface area contributed by atoms with Gasteiger partial charge >= 0.3 is 5.97 Å². The molecule has 3 saturated heterocycles. The summed E-state index contributed by atoms with van der Waals surface area (Å²) in [5, 5.41) is 15.8. The summed E-state index contributed by atoms with van der Waals surface area (Å²) >= 11 is 0. The van der Waals surface area contributed by atoms with Gasteiger partial charge in [0.05, 0.1) is 12.6 Å². The number of carboxylic acids is 1. The standard InChI is InChI=1S/C19H26N4O5/c1-11-5-14(21-28-11)19(27)20-7-16-13-6-12(8-22(9-13)10-18(25)26)15-3-2-4-17(24)23(15)16/h5,12-13,15-16H,2-4,6-10H2,1H3,(H,20,27)(H,25,26)/t12-,13+,15+,16+/m1/s1. The molecule has 3 aliphatic rings. The van der Waals surface area contributed by atoms with E-state index in [0.717, 1.165) is 19.3 Å². The van der Waals surface area contributed by atoms with Gasteiger partial charge in [-0.15, -0.1) is 0 Å². The Bertz CT molecular complexity index is 778. The Kier molecular flexibility index (Phi) is 5.09.